The molecule has 0 aliphatic heterocycles. The Morgan fingerprint density at radius 1 is 1.32 bits per heavy atom. The first-order valence-corrected chi connectivity index (χ1v) is 7.82. The van der Waals surface area contributed by atoms with Gasteiger partial charge in [0.15, 0.2) is 0 Å². The van der Waals surface area contributed by atoms with Gasteiger partial charge in [0.25, 0.3) is 0 Å². The molecule has 1 aromatic carbocycles. The number of aryl methyl sites for hydroxylation is 1. The highest BCUT2D eigenvalue weighted by atomic mass is 16.6. The number of anilines is 1. The summed E-state index contributed by atoms with van der Waals surface area (Å²) in [5.74, 6) is -0.544. The van der Waals surface area contributed by atoms with Crippen molar-refractivity contribution in [3.05, 3.63) is 47.8 Å². The Kier molecular flexibility index (Phi) is 6.39. The highest BCUT2D eigenvalue weighted by Gasteiger charge is 2.23. The number of hydrogen-bond donors (Lipinski definition) is 2. The van der Waals surface area contributed by atoms with Crippen molar-refractivity contribution in [2.75, 3.05) is 12.8 Å². The van der Waals surface area contributed by atoms with Crippen LogP contribution in [0, 0.1) is 0 Å². The number of amides is 1. The number of esters is 1. The lowest BCUT2D eigenvalue weighted by Gasteiger charge is -2.16. The third-order valence-electron chi connectivity index (χ3n) is 3.75. The van der Waals surface area contributed by atoms with Crippen molar-refractivity contribution in [2.24, 2.45) is 7.05 Å². The minimum atomic E-state index is -0.831. The molecule has 0 radical (unpaired) electrons. The molecule has 134 valence electrons. The number of nitrogen functional groups attached to an aromatic ring is 1. The molecule has 0 aliphatic rings. The van der Waals surface area contributed by atoms with Crippen LogP contribution in [0.25, 0.3) is 0 Å². The number of nitrogens with two attached hydrogens (primary N) is 1. The molecule has 0 unspecified atom stereocenters. The highest BCUT2D eigenvalue weighted by molar-refractivity contribution is 5.81. The molecule has 1 amide bonds. The number of hydrogen-bond acceptors (Lipinski definition) is 6. The van der Waals surface area contributed by atoms with Gasteiger partial charge in [0.2, 0.25) is 0 Å². The monoisotopic (exact) mass is 346 g/mol. The molecule has 1 atom stereocenters. The molecule has 8 heteroatoms. The molecule has 0 saturated heterocycles. The normalized spacial score (nSPS) is 11.6. The minimum absolute atomic E-state index is 0.120. The van der Waals surface area contributed by atoms with Gasteiger partial charge in [-0.2, -0.15) is 5.10 Å². The molecule has 25 heavy (non-hydrogen) atoms. The molecule has 8 nitrogen and oxygen atoms in total. The minimum Gasteiger partial charge on any atom is -0.467 e. The Morgan fingerprint density at radius 2 is 2.04 bits per heavy atom. The summed E-state index contributed by atoms with van der Waals surface area (Å²) in [6.07, 6.45) is 1.64. The number of carbonyl (C=O) groups is 2. The van der Waals surface area contributed by atoms with Gasteiger partial charge in [0.05, 0.1) is 24.7 Å². The van der Waals surface area contributed by atoms with Crippen LogP contribution in [0.5, 0.6) is 0 Å². The van der Waals surface area contributed by atoms with Gasteiger partial charge in [-0.15, -0.1) is 0 Å². The zero-order valence-corrected chi connectivity index (χ0v) is 14.3. The first kappa shape index (κ1) is 18.3. The Morgan fingerprint density at radius 3 is 2.64 bits per heavy atom. The van der Waals surface area contributed by atoms with Crippen LogP contribution in [-0.2, 0) is 34.3 Å². The quantitative estimate of drug-likeness (QED) is 0.734. The number of nitrogens with one attached hydrogen (secondary N) is 1. The molecule has 0 saturated carbocycles. The SMILES string of the molecule is COC(=O)[C@H](CCc1c(N)cnn1C)NC(=O)OCc1ccccc1. The lowest BCUT2D eigenvalue weighted by Crippen LogP contribution is -2.42. The zero-order valence-electron chi connectivity index (χ0n) is 14.3. The summed E-state index contributed by atoms with van der Waals surface area (Å²) < 4.78 is 11.5. The lowest BCUT2D eigenvalue weighted by atomic mass is 10.1. The van der Waals surface area contributed by atoms with Crippen molar-refractivity contribution < 1.29 is 19.1 Å². The Bertz CT molecular complexity index is 695. The van der Waals surface area contributed by atoms with Gasteiger partial charge in [-0.3, -0.25) is 4.68 Å². The fraction of sp³-hybridized carbons (Fsp3) is 0.353. The Labute approximate surface area is 145 Å². The van der Waals surface area contributed by atoms with Crippen LogP contribution in [0.3, 0.4) is 0 Å². The number of benzene rings is 1. The number of aromatic nitrogens is 2. The summed E-state index contributed by atoms with van der Waals surface area (Å²) >= 11 is 0. The van der Waals surface area contributed by atoms with Gasteiger partial charge in [-0.05, 0) is 18.4 Å². The first-order valence-electron chi connectivity index (χ1n) is 7.82. The van der Waals surface area contributed by atoms with E-state index in [1.165, 1.54) is 7.11 Å². The maximum atomic E-state index is 12.0. The zero-order chi connectivity index (χ0) is 18.2. The van der Waals surface area contributed by atoms with Gasteiger partial charge in [0.1, 0.15) is 12.6 Å². The van der Waals surface area contributed by atoms with Crippen molar-refractivity contribution in [2.45, 2.75) is 25.5 Å². The van der Waals surface area contributed by atoms with E-state index in [0.717, 1.165) is 11.3 Å². The summed E-state index contributed by atoms with van der Waals surface area (Å²) in [7, 11) is 3.03. The van der Waals surface area contributed by atoms with Crippen molar-refractivity contribution in [1.82, 2.24) is 15.1 Å². The average molecular weight is 346 g/mol. The summed E-state index contributed by atoms with van der Waals surface area (Å²) in [4.78, 5) is 23.9. The molecule has 3 N–H and O–H groups in total. The summed E-state index contributed by atoms with van der Waals surface area (Å²) in [6, 6.07) is 8.44. The first-order chi connectivity index (χ1) is 12.0. The summed E-state index contributed by atoms with van der Waals surface area (Å²) in [5, 5.41) is 6.58. The van der Waals surface area contributed by atoms with Crippen LogP contribution in [0.2, 0.25) is 0 Å². The number of ether oxygens (including phenoxy) is 2. The standard InChI is InChI=1S/C17H22N4O4/c1-21-15(13(18)10-19-21)9-8-14(16(22)24-2)20-17(23)25-11-12-6-4-3-5-7-12/h3-7,10,14H,8-9,11,18H2,1-2H3,(H,20,23)/t14-/m0/s1. The maximum Gasteiger partial charge on any atom is 0.408 e. The van der Waals surface area contributed by atoms with Crippen molar-refractivity contribution in [3.8, 4) is 0 Å². The van der Waals surface area contributed by atoms with Gasteiger partial charge >= 0.3 is 12.1 Å². The van der Waals surface area contributed by atoms with Crippen LogP contribution in [0.15, 0.2) is 36.5 Å². The van der Waals surface area contributed by atoms with E-state index in [1.54, 1.807) is 17.9 Å². The van der Waals surface area contributed by atoms with Gasteiger partial charge in [-0.1, -0.05) is 30.3 Å². The second-order valence-electron chi connectivity index (χ2n) is 5.49. The average Bonchev–Trinajstić information content (AvgIpc) is 2.95. The molecule has 1 heterocycles. The fourth-order valence-electron chi connectivity index (χ4n) is 2.37. The fourth-order valence-corrected chi connectivity index (χ4v) is 2.37. The lowest BCUT2D eigenvalue weighted by molar-refractivity contribution is -0.143. The molecular weight excluding hydrogens is 324 g/mol. The topological polar surface area (TPSA) is 108 Å². The van der Waals surface area contributed by atoms with Crippen LogP contribution >= 0.6 is 0 Å². The third-order valence-corrected chi connectivity index (χ3v) is 3.75. The van der Waals surface area contributed by atoms with Crippen molar-refractivity contribution in [3.63, 3.8) is 0 Å². The van der Waals surface area contributed by atoms with E-state index < -0.39 is 18.1 Å². The predicted molar refractivity (Wildman–Crippen MR) is 91.5 cm³/mol. The maximum absolute atomic E-state index is 12.0. The molecule has 0 aliphatic carbocycles. The van der Waals surface area contributed by atoms with Crippen LogP contribution in [-0.4, -0.2) is 35.0 Å². The van der Waals surface area contributed by atoms with E-state index in [1.807, 2.05) is 30.3 Å². The van der Waals surface area contributed by atoms with Gasteiger partial charge in [0, 0.05) is 7.05 Å². The van der Waals surface area contributed by atoms with Crippen molar-refractivity contribution in [1.29, 1.82) is 0 Å². The molecule has 0 fully saturated rings. The van der Waals surface area contributed by atoms with Crippen LogP contribution in [0.4, 0.5) is 10.5 Å². The molecule has 2 rings (SSSR count). The summed E-state index contributed by atoms with van der Waals surface area (Å²) in [5.41, 5.74) is 8.02. The van der Waals surface area contributed by atoms with E-state index in [9.17, 15) is 9.59 Å². The third kappa shape index (κ3) is 5.23. The van der Waals surface area contributed by atoms with E-state index in [2.05, 4.69) is 10.4 Å². The van der Waals surface area contributed by atoms with Gasteiger partial charge in [-0.25, -0.2) is 9.59 Å². The number of methoxy groups -OCH3 is 1. The predicted octanol–water partition coefficient (Wildman–Crippen LogP) is 1.40. The number of rotatable bonds is 7. The molecule has 2 aromatic rings. The smallest absolute Gasteiger partial charge is 0.408 e. The number of carbonyl (C=O) groups excluding carboxylic acids is 2. The highest BCUT2D eigenvalue weighted by Crippen LogP contribution is 2.13. The van der Waals surface area contributed by atoms with Crippen LogP contribution in [0.1, 0.15) is 17.7 Å². The Balaban J connectivity index is 1.90. The second kappa shape index (κ2) is 8.72. The van der Waals surface area contributed by atoms with E-state index in [4.69, 9.17) is 15.2 Å². The van der Waals surface area contributed by atoms with Gasteiger partial charge < -0.3 is 20.5 Å². The number of nitrogens with zero attached hydrogens (tertiary/aromatic N) is 2. The second-order valence-corrected chi connectivity index (χ2v) is 5.49. The summed E-state index contributed by atoms with van der Waals surface area (Å²) in [6.45, 7) is 0.120. The largest absolute Gasteiger partial charge is 0.467 e. The van der Waals surface area contributed by atoms with Crippen LogP contribution < -0.4 is 11.1 Å². The van der Waals surface area contributed by atoms with E-state index in [-0.39, 0.29) is 6.61 Å². The Hall–Kier alpha value is -3.03. The number of alkyl carbamates (subject to hydrolysis) is 1. The van der Waals surface area contributed by atoms with E-state index in [0.29, 0.717) is 18.5 Å². The molecule has 0 spiro atoms. The molecule has 0 bridgehead atoms. The molecule has 1 aromatic heterocycles. The van der Waals surface area contributed by atoms with Crippen molar-refractivity contribution >= 4 is 17.7 Å². The molecular formula is C17H22N4O4. The van der Waals surface area contributed by atoms with E-state index >= 15 is 0 Å².